The van der Waals surface area contributed by atoms with Crippen LogP contribution >= 0.6 is 0 Å². The molecule has 0 fully saturated rings. The average Bonchev–Trinajstić information content (AvgIpc) is 3.44. The minimum Gasteiger partial charge on any atom is -0.497 e. The molecule has 6 heteroatoms. The fraction of sp³-hybridized carbons (Fsp3) is 0.167. The molecular weight excluding hydrogens is 378 g/mol. The summed E-state index contributed by atoms with van der Waals surface area (Å²) in [5.41, 5.74) is 2.85. The third-order valence-electron chi connectivity index (χ3n) is 4.81. The van der Waals surface area contributed by atoms with Crippen LogP contribution in [-0.2, 0) is 6.42 Å². The summed E-state index contributed by atoms with van der Waals surface area (Å²) in [6.07, 6.45) is 4.02. The Balaban J connectivity index is 1.65. The second-order valence-electron chi connectivity index (χ2n) is 7.06. The van der Waals surface area contributed by atoms with Gasteiger partial charge in [-0.05, 0) is 55.5 Å². The van der Waals surface area contributed by atoms with Crippen LogP contribution in [0.1, 0.15) is 23.0 Å². The third kappa shape index (κ3) is 4.27. The first-order valence-corrected chi connectivity index (χ1v) is 9.77. The standard InChI is InChI=1S/C24H23N3O3/c1-17(15-21-9-6-14-30-21)25-24(28)22-16-27(19-7-4-3-5-8-19)26-23(22)18-10-12-20(29-2)13-11-18/h3-14,16-17H,15H2,1-2H3,(H,25,28). The summed E-state index contributed by atoms with van der Waals surface area (Å²) in [6.45, 7) is 1.95. The summed E-state index contributed by atoms with van der Waals surface area (Å²) in [4.78, 5) is 13.1. The van der Waals surface area contributed by atoms with Crippen LogP contribution in [0.2, 0.25) is 0 Å². The number of rotatable bonds is 7. The van der Waals surface area contributed by atoms with Gasteiger partial charge in [0.15, 0.2) is 0 Å². The molecule has 2 aromatic heterocycles. The quantitative estimate of drug-likeness (QED) is 0.495. The van der Waals surface area contributed by atoms with Crippen LogP contribution in [0.4, 0.5) is 0 Å². The normalized spacial score (nSPS) is 11.8. The molecule has 0 aliphatic heterocycles. The van der Waals surface area contributed by atoms with Crippen LogP contribution in [0.25, 0.3) is 16.9 Å². The van der Waals surface area contributed by atoms with E-state index in [2.05, 4.69) is 5.32 Å². The lowest BCUT2D eigenvalue weighted by atomic mass is 10.1. The average molecular weight is 401 g/mol. The number of methoxy groups -OCH3 is 1. The zero-order valence-electron chi connectivity index (χ0n) is 16.9. The van der Waals surface area contributed by atoms with Gasteiger partial charge in [0.1, 0.15) is 17.2 Å². The van der Waals surface area contributed by atoms with Crippen LogP contribution in [-0.4, -0.2) is 28.8 Å². The highest BCUT2D eigenvalue weighted by atomic mass is 16.5. The first-order valence-electron chi connectivity index (χ1n) is 9.77. The number of hydrogen-bond donors (Lipinski definition) is 1. The molecule has 0 aliphatic rings. The van der Waals surface area contributed by atoms with Gasteiger partial charge in [0.05, 0.1) is 24.6 Å². The molecule has 0 aliphatic carbocycles. The maximum absolute atomic E-state index is 13.1. The topological polar surface area (TPSA) is 69.3 Å². The highest BCUT2D eigenvalue weighted by Gasteiger charge is 2.20. The van der Waals surface area contributed by atoms with Crippen molar-refractivity contribution in [2.75, 3.05) is 7.11 Å². The van der Waals surface area contributed by atoms with Crippen molar-refractivity contribution in [2.24, 2.45) is 0 Å². The zero-order chi connectivity index (χ0) is 20.9. The SMILES string of the molecule is COc1ccc(-c2nn(-c3ccccc3)cc2C(=O)NC(C)Cc2ccco2)cc1. The summed E-state index contributed by atoms with van der Waals surface area (Å²) in [6, 6.07) is 20.9. The molecule has 2 aromatic carbocycles. The molecule has 152 valence electrons. The number of furan rings is 1. The number of carbonyl (C=O) groups excluding carboxylic acids is 1. The molecule has 0 saturated carbocycles. The number of amides is 1. The number of nitrogens with one attached hydrogen (secondary N) is 1. The van der Waals surface area contributed by atoms with Gasteiger partial charge in [-0.1, -0.05) is 18.2 Å². The fourth-order valence-corrected chi connectivity index (χ4v) is 3.30. The predicted octanol–water partition coefficient (Wildman–Crippen LogP) is 4.50. The lowest BCUT2D eigenvalue weighted by Gasteiger charge is -2.12. The van der Waals surface area contributed by atoms with Gasteiger partial charge in [0, 0.05) is 24.2 Å². The zero-order valence-corrected chi connectivity index (χ0v) is 16.9. The number of benzene rings is 2. The summed E-state index contributed by atoms with van der Waals surface area (Å²) >= 11 is 0. The van der Waals surface area contributed by atoms with Crippen molar-refractivity contribution < 1.29 is 13.9 Å². The van der Waals surface area contributed by atoms with Gasteiger partial charge in [-0.2, -0.15) is 5.10 Å². The Labute approximate surface area is 175 Å². The van der Waals surface area contributed by atoms with E-state index in [4.69, 9.17) is 14.3 Å². The van der Waals surface area contributed by atoms with Crippen molar-refractivity contribution in [1.82, 2.24) is 15.1 Å². The number of hydrogen-bond acceptors (Lipinski definition) is 4. The summed E-state index contributed by atoms with van der Waals surface area (Å²) < 4.78 is 12.4. The number of aromatic nitrogens is 2. The maximum Gasteiger partial charge on any atom is 0.255 e. The molecule has 1 amide bonds. The molecular formula is C24H23N3O3. The third-order valence-corrected chi connectivity index (χ3v) is 4.81. The van der Waals surface area contributed by atoms with Gasteiger partial charge in [-0.3, -0.25) is 4.79 Å². The molecule has 1 unspecified atom stereocenters. The van der Waals surface area contributed by atoms with E-state index in [9.17, 15) is 4.79 Å². The number of nitrogens with zero attached hydrogens (tertiary/aromatic N) is 2. The van der Waals surface area contributed by atoms with E-state index in [1.54, 1.807) is 24.3 Å². The monoisotopic (exact) mass is 401 g/mol. The Kier molecular flexibility index (Phi) is 5.66. The van der Waals surface area contributed by atoms with Crippen LogP contribution < -0.4 is 10.1 Å². The van der Waals surface area contributed by atoms with Gasteiger partial charge in [-0.15, -0.1) is 0 Å². The van der Waals surface area contributed by atoms with Gasteiger partial charge in [-0.25, -0.2) is 4.68 Å². The largest absolute Gasteiger partial charge is 0.497 e. The van der Waals surface area contributed by atoms with E-state index in [0.717, 1.165) is 22.8 Å². The van der Waals surface area contributed by atoms with Crippen molar-refractivity contribution >= 4 is 5.91 Å². The smallest absolute Gasteiger partial charge is 0.255 e. The van der Waals surface area contributed by atoms with E-state index in [1.165, 1.54) is 0 Å². The van der Waals surface area contributed by atoms with Crippen molar-refractivity contribution in [3.8, 4) is 22.7 Å². The molecule has 30 heavy (non-hydrogen) atoms. The number of carbonyl (C=O) groups is 1. The number of ether oxygens (including phenoxy) is 1. The molecule has 0 spiro atoms. The highest BCUT2D eigenvalue weighted by molar-refractivity contribution is 6.00. The van der Waals surface area contributed by atoms with E-state index < -0.39 is 0 Å². The van der Waals surface area contributed by atoms with Crippen LogP contribution in [0.15, 0.2) is 83.6 Å². The molecule has 0 radical (unpaired) electrons. The van der Waals surface area contributed by atoms with E-state index in [1.807, 2.05) is 73.7 Å². The predicted molar refractivity (Wildman–Crippen MR) is 115 cm³/mol. The Morgan fingerprint density at radius 2 is 1.87 bits per heavy atom. The van der Waals surface area contributed by atoms with Crippen molar-refractivity contribution in [1.29, 1.82) is 0 Å². The first kappa shape index (κ1) is 19.5. The molecule has 1 N–H and O–H groups in total. The van der Waals surface area contributed by atoms with Crippen molar-refractivity contribution in [2.45, 2.75) is 19.4 Å². The summed E-state index contributed by atoms with van der Waals surface area (Å²) in [5.74, 6) is 1.40. The van der Waals surface area contributed by atoms with Crippen molar-refractivity contribution in [3.63, 3.8) is 0 Å². The molecule has 0 saturated heterocycles. The Hall–Kier alpha value is -3.80. The van der Waals surface area contributed by atoms with Crippen LogP contribution in [0.5, 0.6) is 5.75 Å². The van der Waals surface area contributed by atoms with Crippen molar-refractivity contribution in [3.05, 3.63) is 90.5 Å². The highest BCUT2D eigenvalue weighted by Crippen LogP contribution is 2.26. The van der Waals surface area contributed by atoms with Gasteiger partial charge in [0.25, 0.3) is 5.91 Å². The second kappa shape index (κ2) is 8.69. The Bertz CT molecular complexity index is 1100. The molecule has 0 bridgehead atoms. The Morgan fingerprint density at radius 1 is 1.10 bits per heavy atom. The van der Waals surface area contributed by atoms with Gasteiger partial charge < -0.3 is 14.5 Å². The van der Waals surface area contributed by atoms with Crippen LogP contribution in [0.3, 0.4) is 0 Å². The maximum atomic E-state index is 13.1. The molecule has 2 heterocycles. The lowest BCUT2D eigenvalue weighted by Crippen LogP contribution is -2.34. The number of para-hydroxylation sites is 1. The van der Waals surface area contributed by atoms with E-state index >= 15 is 0 Å². The van der Waals surface area contributed by atoms with Crippen LogP contribution in [0, 0.1) is 0 Å². The summed E-state index contributed by atoms with van der Waals surface area (Å²) in [7, 11) is 1.62. The molecule has 6 nitrogen and oxygen atoms in total. The lowest BCUT2D eigenvalue weighted by molar-refractivity contribution is 0.0940. The minimum atomic E-state index is -0.179. The summed E-state index contributed by atoms with van der Waals surface area (Å²) in [5, 5.41) is 7.76. The molecule has 4 rings (SSSR count). The first-order chi connectivity index (χ1) is 14.6. The second-order valence-corrected chi connectivity index (χ2v) is 7.06. The van der Waals surface area contributed by atoms with Gasteiger partial charge in [0.2, 0.25) is 0 Å². The Morgan fingerprint density at radius 3 is 2.53 bits per heavy atom. The minimum absolute atomic E-state index is 0.0903. The van der Waals surface area contributed by atoms with Gasteiger partial charge >= 0.3 is 0 Å². The molecule has 1 atom stereocenters. The van der Waals surface area contributed by atoms with E-state index in [0.29, 0.717) is 17.7 Å². The fourth-order valence-electron chi connectivity index (χ4n) is 3.30. The van der Waals surface area contributed by atoms with E-state index in [-0.39, 0.29) is 11.9 Å². The molecule has 4 aromatic rings.